The van der Waals surface area contributed by atoms with Crippen molar-refractivity contribution in [3.05, 3.63) is 29.8 Å². The van der Waals surface area contributed by atoms with Crippen molar-refractivity contribution in [2.75, 3.05) is 6.61 Å². The number of hydrogen-bond acceptors (Lipinski definition) is 3. The van der Waals surface area contributed by atoms with Crippen LogP contribution >= 0.6 is 0 Å². The number of carboxylic acids is 1. The smallest absolute Gasteiger partial charge is 0.319 e. The number of aliphatic carboxylic acids is 1. The van der Waals surface area contributed by atoms with E-state index in [9.17, 15) is 9.59 Å². The molecule has 1 aromatic carbocycles. The standard InChI is InChI=1S/C16H21NO4/c1-11(2)10-21-13-5-3-4-12(8-13)9-17-14(18)16(6-7-16)15(19)20/h3-5,8,11H,6-7,9-10H2,1-2H3,(H,17,18)(H,19,20). The number of carbonyl (C=O) groups is 2. The molecule has 114 valence electrons. The second-order valence-corrected chi connectivity index (χ2v) is 5.92. The third-order valence-electron chi connectivity index (χ3n) is 3.53. The summed E-state index contributed by atoms with van der Waals surface area (Å²) in [7, 11) is 0. The summed E-state index contributed by atoms with van der Waals surface area (Å²) < 4.78 is 5.63. The second-order valence-electron chi connectivity index (χ2n) is 5.92. The van der Waals surface area contributed by atoms with Gasteiger partial charge in [0.1, 0.15) is 11.2 Å². The van der Waals surface area contributed by atoms with E-state index >= 15 is 0 Å². The van der Waals surface area contributed by atoms with Crippen molar-refractivity contribution >= 4 is 11.9 Å². The largest absolute Gasteiger partial charge is 0.493 e. The fraction of sp³-hybridized carbons (Fsp3) is 0.500. The molecule has 0 heterocycles. The summed E-state index contributed by atoms with van der Waals surface area (Å²) in [6.07, 6.45) is 0.845. The normalized spacial score (nSPS) is 15.6. The van der Waals surface area contributed by atoms with Gasteiger partial charge in [0, 0.05) is 6.54 Å². The van der Waals surface area contributed by atoms with Crippen LogP contribution in [0.3, 0.4) is 0 Å². The van der Waals surface area contributed by atoms with Gasteiger partial charge in [0.05, 0.1) is 6.61 Å². The average Bonchev–Trinajstić information content (AvgIpc) is 3.24. The van der Waals surface area contributed by atoms with Crippen LogP contribution in [0.5, 0.6) is 5.75 Å². The van der Waals surface area contributed by atoms with Gasteiger partial charge in [0.15, 0.2) is 0 Å². The lowest BCUT2D eigenvalue weighted by Gasteiger charge is -2.12. The van der Waals surface area contributed by atoms with Gasteiger partial charge in [0.2, 0.25) is 5.91 Å². The molecule has 21 heavy (non-hydrogen) atoms. The maximum absolute atomic E-state index is 11.9. The Hall–Kier alpha value is -2.04. The Morgan fingerprint density at radius 2 is 2.10 bits per heavy atom. The molecule has 1 aliphatic carbocycles. The monoisotopic (exact) mass is 291 g/mol. The van der Waals surface area contributed by atoms with E-state index in [1.807, 2.05) is 24.3 Å². The summed E-state index contributed by atoms with van der Waals surface area (Å²) in [4.78, 5) is 23.0. The van der Waals surface area contributed by atoms with Gasteiger partial charge < -0.3 is 15.2 Å². The maximum atomic E-state index is 11.9. The van der Waals surface area contributed by atoms with E-state index in [0.29, 0.717) is 31.9 Å². The Morgan fingerprint density at radius 1 is 1.38 bits per heavy atom. The molecular formula is C16H21NO4. The average molecular weight is 291 g/mol. The first kappa shape index (κ1) is 15.4. The topological polar surface area (TPSA) is 75.6 Å². The number of rotatable bonds is 7. The fourth-order valence-corrected chi connectivity index (χ4v) is 2.02. The Kier molecular flexibility index (Phi) is 4.50. The Morgan fingerprint density at radius 3 is 2.67 bits per heavy atom. The van der Waals surface area contributed by atoms with Crippen molar-refractivity contribution in [2.45, 2.75) is 33.2 Å². The molecule has 0 saturated heterocycles. The highest BCUT2D eigenvalue weighted by molar-refractivity contribution is 6.04. The number of hydrogen-bond donors (Lipinski definition) is 2. The summed E-state index contributed by atoms with van der Waals surface area (Å²) in [5, 5.41) is 11.8. The molecule has 1 fully saturated rings. The van der Waals surface area contributed by atoms with Gasteiger partial charge >= 0.3 is 5.97 Å². The molecule has 0 spiro atoms. The molecule has 5 nitrogen and oxygen atoms in total. The molecule has 2 rings (SSSR count). The zero-order chi connectivity index (χ0) is 15.5. The molecule has 0 bridgehead atoms. The maximum Gasteiger partial charge on any atom is 0.319 e. The van der Waals surface area contributed by atoms with Crippen LogP contribution in [0.15, 0.2) is 24.3 Å². The third-order valence-corrected chi connectivity index (χ3v) is 3.53. The summed E-state index contributed by atoms with van der Waals surface area (Å²) in [5.41, 5.74) is -0.294. The van der Waals surface area contributed by atoms with E-state index < -0.39 is 17.3 Å². The van der Waals surface area contributed by atoms with Crippen LogP contribution in [0.1, 0.15) is 32.3 Å². The van der Waals surface area contributed by atoms with Gasteiger partial charge in [-0.2, -0.15) is 0 Å². The zero-order valence-electron chi connectivity index (χ0n) is 12.4. The first-order valence-corrected chi connectivity index (χ1v) is 7.17. The highest BCUT2D eigenvalue weighted by Crippen LogP contribution is 2.46. The minimum atomic E-state index is -1.19. The first-order chi connectivity index (χ1) is 9.94. The van der Waals surface area contributed by atoms with E-state index in [-0.39, 0.29) is 0 Å². The van der Waals surface area contributed by atoms with Crippen LogP contribution in [-0.2, 0) is 16.1 Å². The number of ether oxygens (including phenoxy) is 1. The van der Waals surface area contributed by atoms with Gasteiger partial charge in [-0.3, -0.25) is 9.59 Å². The molecule has 0 aromatic heterocycles. The SMILES string of the molecule is CC(C)COc1cccc(CNC(=O)C2(C(=O)O)CC2)c1. The van der Waals surface area contributed by atoms with Crippen LogP contribution in [-0.4, -0.2) is 23.6 Å². The van der Waals surface area contributed by atoms with E-state index in [1.54, 1.807) is 0 Å². The minimum Gasteiger partial charge on any atom is -0.493 e. The second kappa shape index (κ2) is 6.16. The van der Waals surface area contributed by atoms with Crippen LogP contribution in [0.25, 0.3) is 0 Å². The molecule has 1 aromatic rings. The van der Waals surface area contributed by atoms with Gasteiger partial charge in [-0.05, 0) is 36.5 Å². The molecule has 0 atom stereocenters. The molecule has 0 aliphatic heterocycles. The van der Waals surface area contributed by atoms with E-state index in [4.69, 9.17) is 9.84 Å². The highest BCUT2D eigenvalue weighted by atomic mass is 16.5. The van der Waals surface area contributed by atoms with Crippen molar-refractivity contribution in [1.82, 2.24) is 5.32 Å². The Labute approximate surface area is 124 Å². The van der Waals surface area contributed by atoms with Crippen molar-refractivity contribution in [1.29, 1.82) is 0 Å². The molecule has 2 N–H and O–H groups in total. The molecule has 1 aliphatic rings. The molecule has 0 unspecified atom stereocenters. The number of carbonyl (C=O) groups excluding carboxylic acids is 1. The number of nitrogens with one attached hydrogen (secondary N) is 1. The highest BCUT2D eigenvalue weighted by Gasteiger charge is 2.56. The van der Waals surface area contributed by atoms with Crippen molar-refractivity contribution < 1.29 is 19.4 Å². The lowest BCUT2D eigenvalue weighted by molar-refractivity contribution is -0.149. The fourth-order valence-electron chi connectivity index (χ4n) is 2.02. The zero-order valence-corrected chi connectivity index (χ0v) is 12.4. The van der Waals surface area contributed by atoms with Gasteiger partial charge in [-0.15, -0.1) is 0 Å². The summed E-state index contributed by atoms with van der Waals surface area (Å²) in [6, 6.07) is 7.47. The number of amides is 1. The van der Waals surface area contributed by atoms with Crippen LogP contribution in [0.2, 0.25) is 0 Å². The van der Waals surface area contributed by atoms with Gasteiger partial charge in [0.25, 0.3) is 0 Å². The number of benzene rings is 1. The summed E-state index contributed by atoms with van der Waals surface area (Å²) in [5.74, 6) is -0.231. The van der Waals surface area contributed by atoms with Crippen molar-refractivity contribution in [3.63, 3.8) is 0 Å². The van der Waals surface area contributed by atoms with Crippen LogP contribution in [0.4, 0.5) is 0 Å². The first-order valence-electron chi connectivity index (χ1n) is 7.17. The van der Waals surface area contributed by atoms with Crippen molar-refractivity contribution in [3.8, 4) is 5.75 Å². The summed E-state index contributed by atoms with van der Waals surface area (Å²) in [6.45, 7) is 5.10. The van der Waals surface area contributed by atoms with Crippen molar-refractivity contribution in [2.24, 2.45) is 11.3 Å². The molecule has 1 amide bonds. The molecule has 1 saturated carbocycles. The third kappa shape index (κ3) is 3.74. The lowest BCUT2D eigenvalue weighted by Crippen LogP contribution is -2.36. The van der Waals surface area contributed by atoms with Gasteiger partial charge in [-0.25, -0.2) is 0 Å². The Balaban J connectivity index is 1.90. The molecular weight excluding hydrogens is 270 g/mol. The van der Waals surface area contributed by atoms with Crippen LogP contribution in [0, 0.1) is 11.3 Å². The van der Waals surface area contributed by atoms with Gasteiger partial charge in [-0.1, -0.05) is 26.0 Å². The lowest BCUT2D eigenvalue weighted by atomic mass is 10.1. The predicted molar refractivity (Wildman–Crippen MR) is 77.9 cm³/mol. The number of carboxylic acid groups (broad SMARTS) is 1. The molecule has 5 heteroatoms. The van der Waals surface area contributed by atoms with E-state index in [1.165, 1.54) is 0 Å². The summed E-state index contributed by atoms with van der Waals surface area (Å²) >= 11 is 0. The molecule has 0 radical (unpaired) electrons. The van der Waals surface area contributed by atoms with E-state index in [0.717, 1.165) is 11.3 Å². The Bertz CT molecular complexity index is 535. The van der Waals surface area contributed by atoms with Crippen LogP contribution < -0.4 is 10.1 Å². The van der Waals surface area contributed by atoms with E-state index in [2.05, 4.69) is 19.2 Å². The minimum absolute atomic E-state index is 0.312. The quantitative estimate of drug-likeness (QED) is 0.755. The predicted octanol–water partition coefficient (Wildman–Crippen LogP) is 2.20.